The predicted molar refractivity (Wildman–Crippen MR) is 62.2 cm³/mol. The summed E-state index contributed by atoms with van der Waals surface area (Å²) in [5.41, 5.74) is 0. The Balaban J connectivity index is 4.12. The minimum Gasteiger partial charge on any atom is -0.480 e. The molecule has 1 unspecified atom stereocenters. The molecular weight excluding hydrogens is 208 g/mol. The predicted octanol–water partition coefficient (Wildman–Crippen LogP) is 0.600. The third kappa shape index (κ3) is 7.23. The molecule has 5 heteroatoms. The summed E-state index contributed by atoms with van der Waals surface area (Å²) in [6.45, 7) is 7.93. The fraction of sp³-hybridized carbons (Fsp3) is 0.818. The van der Waals surface area contributed by atoms with Gasteiger partial charge in [0.05, 0.1) is 0 Å². The van der Waals surface area contributed by atoms with Crippen molar-refractivity contribution in [3.63, 3.8) is 0 Å². The van der Waals surface area contributed by atoms with Crippen LogP contribution in [0.15, 0.2) is 0 Å². The van der Waals surface area contributed by atoms with Crippen LogP contribution in [0.4, 0.5) is 0 Å². The lowest BCUT2D eigenvalue weighted by Gasteiger charge is -2.17. The first-order valence-electron chi connectivity index (χ1n) is 5.58. The molecule has 0 saturated heterocycles. The highest BCUT2D eigenvalue weighted by atomic mass is 16.4. The van der Waals surface area contributed by atoms with E-state index in [9.17, 15) is 9.59 Å². The smallest absolute Gasteiger partial charge is 0.327 e. The van der Waals surface area contributed by atoms with Gasteiger partial charge in [-0.05, 0) is 5.92 Å². The second-order valence-electron chi connectivity index (χ2n) is 4.62. The van der Waals surface area contributed by atoms with Crippen LogP contribution in [-0.2, 0) is 9.59 Å². The third-order valence-corrected chi connectivity index (χ3v) is 1.96. The fourth-order valence-corrected chi connectivity index (χ4v) is 1.18. The summed E-state index contributed by atoms with van der Waals surface area (Å²) in [6, 6.07) is -0.655. The van der Waals surface area contributed by atoms with Gasteiger partial charge in [-0.3, -0.25) is 4.79 Å². The Morgan fingerprint density at radius 3 is 2.12 bits per heavy atom. The van der Waals surface area contributed by atoms with E-state index < -0.39 is 12.0 Å². The average molecular weight is 230 g/mol. The summed E-state index contributed by atoms with van der Waals surface area (Å²) in [5.74, 6) is -0.995. The van der Waals surface area contributed by atoms with E-state index in [1.54, 1.807) is 0 Å². The third-order valence-electron chi connectivity index (χ3n) is 1.96. The van der Waals surface area contributed by atoms with Crippen molar-refractivity contribution in [2.75, 3.05) is 6.54 Å². The maximum absolute atomic E-state index is 11.4. The zero-order chi connectivity index (χ0) is 12.7. The molecule has 0 aliphatic heterocycles. The summed E-state index contributed by atoms with van der Waals surface area (Å²) in [5, 5.41) is 14.4. The van der Waals surface area contributed by atoms with Gasteiger partial charge < -0.3 is 15.7 Å². The number of carboxylic acid groups (broad SMARTS) is 1. The Kier molecular flexibility index (Phi) is 6.72. The number of carbonyl (C=O) groups excluding carboxylic acids is 1. The van der Waals surface area contributed by atoms with Crippen molar-refractivity contribution >= 4 is 11.9 Å². The summed E-state index contributed by atoms with van der Waals surface area (Å²) < 4.78 is 0. The van der Waals surface area contributed by atoms with Gasteiger partial charge in [0.15, 0.2) is 0 Å². The maximum Gasteiger partial charge on any atom is 0.327 e. The largest absolute Gasteiger partial charge is 0.480 e. The molecule has 0 fully saturated rings. The molecule has 3 N–H and O–H groups in total. The molecule has 5 nitrogen and oxygen atoms in total. The van der Waals surface area contributed by atoms with Gasteiger partial charge in [-0.15, -0.1) is 0 Å². The van der Waals surface area contributed by atoms with E-state index in [4.69, 9.17) is 5.11 Å². The van der Waals surface area contributed by atoms with Crippen molar-refractivity contribution in [3.8, 4) is 0 Å². The quantitative estimate of drug-likeness (QED) is 0.598. The van der Waals surface area contributed by atoms with E-state index in [0.717, 1.165) is 0 Å². The Morgan fingerprint density at radius 1 is 1.19 bits per heavy atom. The van der Waals surface area contributed by atoms with Crippen molar-refractivity contribution < 1.29 is 14.7 Å². The number of carboxylic acids is 1. The van der Waals surface area contributed by atoms with E-state index in [1.807, 2.05) is 27.7 Å². The molecule has 0 rings (SSSR count). The summed E-state index contributed by atoms with van der Waals surface area (Å²) >= 11 is 0. The Labute approximate surface area is 96.6 Å². The van der Waals surface area contributed by atoms with E-state index in [0.29, 0.717) is 6.42 Å². The minimum absolute atomic E-state index is 0.198. The average Bonchev–Trinajstić information content (AvgIpc) is 2.09. The highest BCUT2D eigenvalue weighted by Crippen LogP contribution is 1.99. The van der Waals surface area contributed by atoms with Crippen LogP contribution in [0.5, 0.6) is 0 Å². The summed E-state index contributed by atoms with van der Waals surface area (Å²) in [7, 11) is 0. The van der Waals surface area contributed by atoms with Gasteiger partial charge in [0.1, 0.15) is 6.04 Å². The van der Waals surface area contributed by atoms with Crippen LogP contribution < -0.4 is 10.6 Å². The van der Waals surface area contributed by atoms with Gasteiger partial charge >= 0.3 is 5.97 Å². The van der Waals surface area contributed by atoms with Crippen molar-refractivity contribution in [3.05, 3.63) is 0 Å². The molecule has 1 amide bonds. The monoisotopic (exact) mass is 230 g/mol. The standard InChI is InChI=1S/C11H22N2O3/c1-7(2)5-10(14)13-9(11(15)16)6-12-8(3)4/h7-9,12H,5-6H2,1-4H3,(H,13,14)(H,15,16). The SMILES string of the molecule is CC(C)CC(=O)NC(CNC(C)C)C(=O)O. The van der Waals surface area contributed by atoms with Gasteiger partial charge in [0.25, 0.3) is 0 Å². The number of carbonyl (C=O) groups is 2. The van der Waals surface area contributed by atoms with Crippen molar-refractivity contribution in [2.24, 2.45) is 5.92 Å². The number of hydrogen-bond donors (Lipinski definition) is 3. The second kappa shape index (κ2) is 7.22. The molecule has 0 aliphatic rings. The summed E-state index contributed by atoms with van der Waals surface area (Å²) in [4.78, 5) is 22.3. The molecule has 0 aromatic carbocycles. The Hall–Kier alpha value is -1.10. The highest BCUT2D eigenvalue weighted by molar-refractivity contribution is 5.83. The Morgan fingerprint density at radius 2 is 1.75 bits per heavy atom. The summed E-state index contributed by atoms with van der Waals surface area (Å²) in [6.07, 6.45) is 0.353. The van der Waals surface area contributed by atoms with Crippen molar-refractivity contribution in [2.45, 2.75) is 46.2 Å². The van der Waals surface area contributed by atoms with Crippen LogP contribution in [0, 0.1) is 5.92 Å². The number of amides is 1. The molecule has 0 radical (unpaired) electrons. The van der Waals surface area contributed by atoms with Crippen LogP contribution in [0.25, 0.3) is 0 Å². The lowest BCUT2D eigenvalue weighted by atomic mass is 10.1. The molecule has 16 heavy (non-hydrogen) atoms. The van der Waals surface area contributed by atoms with Crippen LogP contribution in [0.2, 0.25) is 0 Å². The first kappa shape index (κ1) is 14.9. The molecule has 0 bridgehead atoms. The molecule has 0 saturated carbocycles. The molecule has 0 aromatic heterocycles. The van der Waals surface area contributed by atoms with E-state index >= 15 is 0 Å². The van der Waals surface area contributed by atoms with Gasteiger partial charge in [0.2, 0.25) is 5.91 Å². The van der Waals surface area contributed by atoms with E-state index in [-0.39, 0.29) is 24.4 Å². The molecule has 0 aromatic rings. The Bertz CT molecular complexity index is 239. The normalized spacial score (nSPS) is 12.9. The topological polar surface area (TPSA) is 78.4 Å². The van der Waals surface area contributed by atoms with Gasteiger partial charge in [0, 0.05) is 19.0 Å². The molecule has 0 heterocycles. The zero-order valence-corrected chi connectivity index (χ0v) is 10.4. The zero-order valence-electron chi connectivity index (χ0n) is 10.4. The van der Waals surface area contributed by atoms with Crippen LogP contribution in [0.3, 0.4) is 0 Å². The van der Waals surface area contributed by atoms with Gasteiger partial charge in [-0.2, -0.15) is 0 Å². The van der Waals surface area contributed by atoms with Crippen molar-refractivity contribution in [1.82, 2.24) is 10.6 Å². The van der Waals surface area contributed by atoms with Crippen LogP contribution in [0.1, 0.15) is 34.1 Å². The first-order valence-corrected chi connectivity index (χ1v) is 5.58. The lowest BCUT2D eigenvalue weighted by Crippen LogP contribution is -2.48. The minimum atomic E-state index is -1.01. The molecular formula is C11H22N2O3. The highest BCUT2D eigenvalue weighted by Gasteiger charge is 2.19. The number of rotatable bonds is 7. The first-order chi connectivity index (χ1) is 7.32. The molecule has 94 valence electrons. The number of aliphatic carboxylic acids is 1. The molecule has 0 aliphatic carbocycles. The fourth-order valence-electron chi connectivity index (χ4n) is 1.18. The molecule has 1 atom stereocenters. The van der Waals surface area contributed by atoms with Crippen LogP contribution in [-0.4, -0.2) is 35.6 Å². The van der Waals surface area contributed by atoms with E-state index in [1.165, 1.54) is 0 Å². The van der Waals surface area contributed by atoms with Crippen LogP contribution >= 0.6 is 0 Å². The lowest BCUT2D eigenvalue weighted by molar-refractivity contribution is -0.141. The second-order valence-corrected chi connectivity index (χ2v) is 4.62. The van der Waals surface area contributed by atoms with Gasteiger partial charge in [-0.1, -0.05) is 27.7 Å². The number of nitrogens with one attached hydrogen (secondary N) is 2. The van der Waals surface area contributed by atoms with Gasteiger partial charge in [-0.25, -0.2) is 4.79 Å². The number of hydrogen-bond acceptors (Lipinski definition) is 3. The molecule has 0 spiro atoms. The van der Waals surface area contributed by atoms with Crippen molar-refractivity contribution in [1.29, 1.82) is 0 Å². The van der Waals surface area contributed by atoms with E-state index in [2.05, 4.69) is 10.6 Å². The maximum atomic E-state index is 11.4.